The van der Waals surface area contributed by atoms with Crippen molar-refractivity contribution in [2.45, 2.75) is 26.3 Å². The summed E-state index contributed by atoms with van der Waals surface area (Å²) in [4.78, 5) is 52.7. The Labute approximate surface area is 156 Å². The van der Waals surface area contributed by atoms with Gasteiger partial charge in [-0.15, -0.1) is 0 Å². The third-order valence-electron chi connectivity index (χ3n) is 5.60. The van der Waals surface area contributed by atoms with Crippen molar-refractivity contribution in [3.05, 3.63) is 29.3 Å². The summed E-state index contributed by atoms with van der Waals surface area (Å²) >= 11 is 0. The summed E-state index contributed by atoms with van der Waals surface area (Å²) in [6, 6.07) is 5.51. The number of likely N-dealkylation sites (tertiary alicyclic amines) is 1. The molecule has 3 fully saturated rings. The molecule has 4 rings (SSSR count). The molecule has 1 unspecified atom stereocenters. The van der Waals surface area contributed by atoms with E-state index in [4.69, 9.17) is 4.74 Å². The molecule has 0 aromatic heterocycles. The predicted molar refractivity (Wildman–Crippen MR) is 94.9 cm³/mol. The van der Waals surface area contributed by atoms with Gasteiger partial charge in [0.1, 0.15) is 0 Å². The topological polar surface area (TPSA) is 87.2 Å². The van der Waals surface area contributed by atoms with Gasteiger partial charge < -0.3 is 14.5 Å². The molecule has 8 heteroatoms. The highest BCUT2D eigenvalue weighted by atomic mass is 16.6. The van der Waals surface area contributed by atoms with Crippen LogP contribution in [0, 0.1) is 19.8 Å². The molecule has 3 saturated heterocycles. The van der Waals surface area contributed by atoms with Crippen LogP contribution >= 0.6 is 0 Å². The lowest BCUT2D eigenvalue weighted by atomic mass is 10.0. The van der Waals surface area contributed by atoms with Gasteiger partial charge in [0.2, 0.25) is 11.8 Å². The maximum absolute atomic E-state index is 12.7. The van der Waals surface area contributed by atoms with Gasteiger partial charge in [-0.1, -0.05) is 6.07 Å². The zero-order valence-corrected chi connectivity index (χ0v) is 15.3. The van der Waals surface area contributed by atoms with Crippen LogP contribution in [0.25, 0.3) is 0 Å². The van der Waals surface area contributed by atoms with E-state index in [0.29, 0.717) is 19.6 Å². The normalized spacial score (nSPS) is 23.1. The minimum absolute atomic E-state index is 0.0630. The minimum atomic E-state index is -0.644. The predicted octanol–water partition coefficient (Wildman–Crippen LogP) is 0.846. The lowest BCUT2D eigenvalue weighted by molar-refractivity contribution is -0.145. The average molecular weight is 371 g/mol. The Morgan fingerprint density at radius 2 is 1.78 bits per heavy atom. The molecular weight excluding hydrogens is 350 g/mol. The van der Waals surface area contributed by atoms with E-state index in [1.54, 1.807) is 9.80 Å². The standard InChI is InChI=1S/C19H21N3O5/c1-11-3-4-14(5-12(11)2)21-7-13(6-16(21)23)18(25)20-8-15(9-20)22-17(24)10-27-19(22)26/h3-5,13,15H,6-10H2,1-2H3. The summed E-state index contributed by atoms with van der Waals surface area (Å²) in [5, 5.41) is 0. The maximum atomic E-state index is 12.7. The molecule has 0 saturated carbocycles. The molecule has 27 heavy (non-hydrogen) atoms. The SMILES string of the molecule is Cc1ccc(N2CC(C(=O)N3CC(N4C(=O)COC4=O)C3)CC2=O)cc1C. The van der Waals surface area contributed by atoms with E-state index in [9.17, 15) is 19.2 Å². The van der Waals surface area contributed by atoms with Gasteiger partial charge >= 0.3 is 6.09 Å². The molecule has 1 aromatic rings. The summed E-state index contributed by atoms with van der Waals surface area (Å²) in [7, 11) is 0. The summed E-state index contributed by atoms with van der Waals surface area (Å²) in [6.07, 6.45) is -0.466. The monoisotopic (exact) mass is 371 g/mol. The highest BCUT2D eigenvalue weighted by Gasteiger charge is 2.47. The van der Waals surface area contributed by atoms with E-state index in [-0.39, 0.29) is 36.8 Å². The first-order valence-corrected chi connectivity index (χ1v) is 9.00. The maximum Gasteiger partial charge on any atom is 0.417 e. The molecule has 8 nitrogen and oxygen atoms in total. The molecule has 3 aliphatic heterocycles. The van der Waals surface area contributed by atoms with Gasteiger partial charge in [-0.05, 0) is 37.1 Å². The molecule has 0 N–H and O–H groups in total. The number of cyclic esters (lactones) is 1. The molecule has 0 spiro atoms. The molecule has 0 aliphatic carbocycles. The number of imide groups is 1. The van der Waals surface area contributed by atoms with Crippen molar-refractivity contribution >= 4 is 29.5 Å². The van der Waals surface area contributed by atoms with Gasteiger partial charge in [0.25, 0.3) is 5.91 Å². The number of benzene rings is 1. The van der Waals surface area contributed by atoms with Crippen molar-refractivity contribution in [3.8, 4) is 0 Å². The van der Waals surface area contributed by atoms with E-state index in [1.165, 1.54) is 0 Å². The van der Waals surface area contributed by atoms with Gasteiger partial charge in [-0.25, -0.2) is 9.69 Å². The molecule has 1 atom stereocenters. The van der Waals surface area contributed by atoms with Crippen molar-refractivity contribution < 1.29 is 23.9 Å². The first-order valence-electron chi connectivity index (χ1n) is 9.00. The fourth-order valence-electron chi connectivity index (χ4n) is 3.79. The zero-order valence-electron chi connectivity index (χ0n) is 15.3. The fourth-order valence-corrected chi connectivity index (χ4v) is 3.79. The molecule has 0 radical (unpaired) electrons. The number of carbonyl (C=O) groups is 4. The van der Waals surface area contributed by atoms with Crippen molar-refractivity contribution in [2.75, 3.05) is 31.1 Å². The minimum Gasteiger partial charge on any atom is -0.439 e. The second kappa shape index (κ2) is 6.37. The fraction of sp³-hybridized carbons (Fsp3) is 0.474. The first-order chi connectivity index (χ1) is 12.8. The Hall–Kier alpha value is -2.90. The Bertz CT molecular complexity index is 830. The smallest absolute Gasteiger partial charge is 0.417 e. The molecule has 3 aliphatic rings. The lowest BCUT2D eigenvalue weighted by Crippen LogP contribution is -2.63. The largest absolute Gasteiger partial charge is 0.439 e. The number of aryl methyl sites for hydroxylation is 2. The Kier molecular flexibility index (Phi) is 4.13. The molecule has 3 heterocycles. The highest BCUT2D eigenvalue weighted by Crippen LogP contribution is 2.30. The third-order valence-corrected chi connectivity index (χ3v) is 5.60. The van der Waals surface area contributed by atoms with Gasteiger partial charge in [0.15, 0.2) is 6.61 Å². The number of hydrogen-bond acceptors (Lipinski definition) is 5. The first kappa shape index (κ1) is 17.5. The lowest BCUT2D eigenvalue weighted by Gasteiger charge is -2.42. The quantitative estimate of drug-likeness (QED) is 0.786. The second-order valence-electron chi connectivity index (χ2n) is 7.39. The third kappa shape index (κ3) is 2.94. The van der Waals surface area contributed by atoms with Crippen LogP contribution in [0.3, 0.4) is 0 Å². The number of amides is 4. The van der Waals surface area contributed by atoms with Crippen LogP contribution < -0.4 is 4.90 Å². The van der Waals surface area contributed by atoms with E-state index in [0.717, 1.165) is 21.7 Å². The van der Waals surface area contributed by atoms with Crippen LogP contribution in [-0.4, -0.2) is 65.9 Å². The van der Waals surface area contributed by atoms with Crippen LogP contribution in [0.4, 0.5) is 10.5 Å². The van der Waals surface area contributed by atoms with Gasteiger partial charge in [-0.2, -0.15) is 0 Å². The number of hydrogen-bond donors (Lipinski definition) is 0. The van der Waals surface area contributed by atoms with Crippen LogP contribution in [0.2, 0.25) is 0 Å². The molecule has 4 amide bonds. The van der Waals surface area contributed by atoms with Crippen LogP contribution in [0.15, 0.2) is 18.2 Å². The van der Waals surface area contributed by atoms with Crippen LogP contribution in [-0.2, 0) is 19.1 Å². The number of rotatable bonds is 3. The Morgan fingerprint density at radius 1 is 1.04 bits per heavy atom. The molecular formula is C19H21N3O5. The van der Waals surface area contributed by atoms with Gasteiger partial charge in [0.05, 0.1) is 12.0 Å². The number of carbonyl (C=O) groups excluding carboxylic acids is 4. The van der Waals surface area contributed by atoms with Crippen molar-refractivity contribution in [2.24, 2.45) is 5.92 Å². The molecule has 142 valence electrons. The van der Waals surface area contributed by atoms with E-state index >= 15 is 0 Å². The van der Waals surface area contributed by atoms with Crippen molar-refractivity contribution in [1.82, 2.24) is 9.80 Å². The average Bonchev–Trinajstić information content (AvgIpc) is 3.13. The Morgan fingerprint density at radius 3 is 2.41 bits per heavy atom. The van der Waals surface area contributed by atoms with Gasteiger partial charge in [0, 0.05) is 31.7 Å². The van der Waals surface area contributed by atoms with Crippen LogP contribution in [0.5, 0.6) is 0 Å². The second-order valence-corrected chi connectivity index (χ2v) is 7.39. The van der Waals surface area contributed by atoms with E-state index in [1.807, 2.05) is 32.0 Å². The van der Waals surface area contributed by atoms with Gasteiger partial charge in [-0.3, -0.25) is 14.4 Å². The summed E-state index contributed by atoms with van der Waals surface area (Å²) in [5.74, 6) is -0.937. The summed E-state index contributed by atoms with van der Waals surface area (Å²) in [5.41, 5.74) is 3.06. The highest BCUT2D eigenvalue weighted by molar-refractivity contribution is 6.01. The molecule has 1 aromatic carbocycles. The molecule has 0 bridgehead atoms. The van der Waals surface area contributed by atoms with Crippen molar-refractivity contribution in [3.63, 3.8) is 0 Å². The Balaban J connectivity index is 1.38. The number of ether oxygens (including phenoxy) is 1. The number of anilines is 1. The summed E-state index contributed by atoms with van der Waals surface area (Å²) in [6.45, 7) is 4.73. The van der Waals surface area contributed by atoms with Crippen LogP contribution in [0.1, 0.15) is 17.5 Å². The number of nitrogens with zero attached hydrogens (tertiary/aromatic N) is 3. The summed E-state index contributed by atoms with van der Waals surface area (Å²) < 4.78 is 4.71. The van der Waals surface area contributed by atoms with E-state index in [2.05, 4.69) is 0 Å². The van der Waals surface area contributed by atoms with E-state index < -0.39 is 12.0 Å². The zero-order chi connectivity index (χ0) is 19.3. The van der Waals surface area contributed by atoms with Crippen molar-refractivity contribution in [1.29, 1.82) is 0 Å².